The molecule has 0 atom stereocenters. The maximum absolute atomic E-state index is 12.1. The number of rotatable bonds is 29. The highest BCUT2D eigenvalue weighted by Crippen LogP contribution is 2.19. The molecular weight excluding hydrogens is 504 g/mol. The second-order valence-corrected chi connectivity index (χ2v) is 10.6. The number of aliphatic carboxylic acids is 1. The minimum Gasteiger partial charge on any atom is -0.479 e. The zero-order valence-electron chi connectivity index (χ0n) is 24.2. The van der Waals surface area contributed by atoms with Crippen molar-refractivity contribution in [1.29, 1.82) is 0 Å². The molecule has 9 heteroatoms. The van der Waals surface area contributed by atoms with Crippen LogP contribution in [0, 0.1) is 0 Å². The van der Waals surface area contributed by atoms with E-state index < -0.39 is 36.4 Å². The Labute approximate surface area is 235 Å². The van der Waals surface area contributed by atoms with E-state index in [0.29, 0.717) is 12.8 Å². The van der Waals surface area contributed by atoms with Gasteiger partial charge in [-0.25, -0.2) is 4.79 Å². The number of esters is 2. The number of hydrogen-bond donors (Lipinski definition) is 4. The molecule has 0 radical (unpaired) electrons. The zero-order chi connectivity index (χ0) is 29.0. The van der Waals surface area contributed by atoms with E-state index >= 15 is 0 Å². The summed E-state index contributed by atoms with van der Waals surface area (Å²) in [5.41, 5.74) is -2.54. The first-order valence-corrected chi connectivity index (χ1v) is 15.3. The zero-order valence-corrected chi connectivity index (χ0v) is 24.2. The number of unbranched alkanes of at least 4 members (excludes halogenated alkanes) is 18. The van der Waals surface area contributed by atoms with Crippen LogP contribution >= 0.6 is 0 Å². The highest BCUT2D eigenvalue weighted by molar-refractivity contribution is 5.89. The summed E-state index contributed by atoms with van der Waals surface area (Å²) in [4.78, 5) is 35.7. The Bertz CT molecular complexity index is 567. The molecule has 0 bridgehead atoms. The van der Waals surface area contributed by atoms with E-state index in [1.165, 1.54) is 25.7 Å². The van der Waals surface area contributed by atoms with Gasteiger partial charge in [-0.1, -0.05) is 103 Å². The fraction of sp³-hybridized carbons (Fsp3) is 0.900. The molecule has 0 aliphatic rings. The minimum absolute atomic E-state index is 0.157. The summed E-state index contributed by atoms with van der Waals surface area (Å²) in [6.45, 7) is 0.846. The summed E-state index contributed by atoms with van der Waals surface area (Å²) in [5.74, 6) is -3.34. The molecule has 0 aromatic carbocycles. The Hall–Kier alpha value is -1.71. The first kappa shape index (κ1) is 37.3. The first-order chi connectivity index (χ1) is 18.9. The number of carboxylic acid groups (broad SMARTS) is 1. The Morgan fingerprint density at radius 3 is 0.974 bits per heavy atom. The van der Waals surface area contributed by atoms with E-state index in [1.807, 2.05) is 0 Å². The van der Waals surface area contributed by atoms with Gasteiger partial charge in [-0.3, -0.25) is 9.59 Å². The molecule has 0 amide bonds. The smallest absolute Gasteiger partial charge is 0.336 e. The van der Waals surface area contributed by atoms with Gasteiger partial charge in [0.1, 0.15) is 0 Å². The lowest BCUT2D eigenvalue weighted by molar-refractivity contribution is -0.173. The quantitative estimate of drug-likeness (QED) is 0.0691. The SMILES string of the molecule is O=C(CC(O)(CC(=O)OCCCCCCCCCCCCO)C(=O)O)OCCCCCCCCCCCCO. The minimum atomic E-state index is -2.54. The maximum atomic E-state index is 12.1. The molecule has 0 rings (SSSR count). The van der Waals surface area contributed by atoms with Crippen LogP contribution in [0.25, 0.3) is 0 Å². The Morgan fingerprint density at radius 1 is 0.462 bits per heavy atom. The molecule has 0 aromatic heterocycles. The van der Waals surface area contributed by atoms with Gasteiger partial charge in [-0.2, -0.15) is 0 Å². The van der Waals surface area contributed by atoms with Gasteiger partial charge in [-0.05, 0) is 25.7 Å². The first-order valence-electron chi connectivity index (χ1n) is 15.3. The molecule has 0 unspecified atom stereocenters. The summed E-state index contributed by atoms with van der Waals surface area (Å²) in [7, 11) is 0. The van der Waals surface area contributed by atoms with E-state index in [4.69, 9.17) is 19.7 Å². The summed E-state index contributed by atoms with van der Waals surface area (Å²) < 4.78 is 10.2. The average molecular weight is 561 g/mol. The highest BCUT2D eigenvalue weighted by atomic mass is 16.5. The van der Waals surface area contributed by atoms with Crippen molar-refractivity contribution in [2.75, 3.05) is 26.4 Å². The number of aliphatic hydroxyl groups excluding tert-OH is 2. The topological polar surface area (TPSA) is 151 Å². The highest BCUT2D eigenvalue weighted by Gasteiger charge is 2.42. The van der Waals surface area contributed by atoms with Crippen molar-refractivity contribution in [3.63, 3.8) is 0 Å². The van der Waals surface area contributed by atoms with Crippen molar-refractivity contribution in [3.8, 4) is 0 Å². The van der Waals surface area contributed by atoms with Gasteiger partial charge in [0.15, 0.2) is 5.60 Å². The lowest BCUT2D eigenvalue weighted by Gasteiger charge is -2.21. The summed E-state index contributed by atoms with van der Waals surface area (Å²) >= 11 is 0. The fourth-order valence-electron chi connectivity index (χ4n) is 4.42. The van der Waals surface area contributed by atoms with Crippen molar-refractivity contribution in [1.82, 2.24) is 0 Å². The predicted molar refractivity (Wildman–Crippen MR) is 150 cm³/mol. The van der Waals surface area contributed by atoms with Crippen LogP contribution in [0.3, 0.4) is 0 Å². The Kier molecular flexibility index (Phi) is 25.3. The van der Waals surface area contributed by atoms with Crippen molar-refractivity contribution >= 4 is 17.9 Å². The summed E-state index contributed by atoms with van der Waals surface area (Å²) in [6.07, 6.45) is 19.1. The number of carbonyl (C=O) groups excluding carboxylic acids is 2. The van der Waals surface area contributed by atoms with E-state index in [1.54, 1.807) is 0 Å². The van der Waals surface area contributed by atoms with Crippen LogP contribution in [-0.4, -0.2) is 70.4 Å². The number of aliphatic hydroxyl groups is 3. The molecule has 230 valence electrons. The van der Waals surface area contributed by atoms with Crippen molar-refractivity contribution in [3.05, 3.63) is 0 Å². The number of hydrogen-bond acceptors (Lipinski definition) is 8. The van der Waals surface area contributed by atoms with Gasteiger partial charge in [0.2, 0.25) is 0 Å². The van der Waals surface area contributed by atoms with Crippen LogP contribution in [-0.2, 0) is 23.9 Å². The van der Waals surface area contributed by atoms with Crippen LogP contribution in [0.5, 0.6) is 0 Å². The third-order valence-electron chi connectivity index (χ3n) is 6.90. The van der Waals surface area contributed by atoms with Gasteiger partial charge >= 0.3 is 17.9 Å². The van der Waals surface area contributed by atoms with E-state index in [0.717, 1.165) is 89.9 Å². The molecule has 0 spiro atoms. The second-order valence-electron chi connectivity index (χ2n) is 10.6. The van der Waals surface area contributed by atoms with Gasteiger partial charge in [0.05, 0.1) is 26.1 Å². The summed E-state index contributed by atoms with van der Waals surface area (Å²) in [6, 6.07) is 0. The number of carboxylic acids is 1. The second kappa shape index (κ2) is 26.5. The Morgan fingerprint density at radius 2 is 0.718 bits per heavy atom. The van der Waals surface area contributed by atoms with Crippen molar-refractivity contribution < 1.29 is 44.3 Å². The van der Waals surface area contributed by atoms with Crippen molar-refractivity contribution in [2.45, 2.75) is 147 Å². The van der Waals surface area contributed by atoms with Crippen LogP contribution in [0.15, 0.2) is 0 Å². The molecule has 9 nitrogen and oxygen atoms in total. The number of carbonyl (C=O) groups is 3. The van der Waals surface area contributed by atoms with Gasteiger partial charge in [0, 0.05) is 13.2 Å². The average Bonchev–Trinajstić information content (AvgIpc) is 2.89. The largest absolute Gasteiger partial charge is 0.479 e. The van der Waals surface area contributed by atoms with Crippen LogP contribution < -0.4 is 0 Å². The molecule has 0 aliphatic heterocycles. The molecule has 0 aliphatic carbocycles. The summed E-state index contributed by atoms with van der Waals surface area (Å²) in [5, 5.41) is 37.3. The van der Waals surface area contributed by atoms with E-state index in [-0.39, 0.29) is 26.4 Å². The molecule has 4 N–H and O–H groups in total. The lowest BCUT2D eigenvalue weighted by atomic mass is 9.96. The van der Waals surface area contributed by atoms with E-state index in [2.05, 4.69) is 0 Å². The molecule has 0 heterocycles. The maximum Gasteiger partial charge on any atom is 0.336 e. The molecular formula is C30H56O9. The fourth-order valence-corrected chi connectivity index (χ4v) is 4.42. The Balaban J connectivity index is 3.87. The van der Waals surface area contributed by atoms with Gasteiger partial charge in [-0.15, -0.1) is 0 Å². The van der Waals surface area contributed by atoms with Gasteiger partial charge in [0.25, 0.3) is 0 Å². The standard InChI is InChI=1S/C30H56O9/c31-21-17-13-9-5-1-3-7-11-15-19-23-38-27(33)25-30(37,29(35)36)26-28(34)39-24-20-16-12-8-4-2-6-10-14-18-22-32/h31-32,37H,1-26H2,(H,35,36). The van der Waals surface area contributed by atoms with Gasteiger partial charge < -0.3 is 29.9 Å². The molecule has 39 heavy (non-hydrogen) atoms. The van der Waals surface area contributed by atoms with Crippen LogP contribution in [0.1, 0.15) is 141 Å². The van der Waals surface area contributed by atoms with Crippen LogP contribution in [0.2, 0.25) is 0 Å². The molecule has 0 saturated heterocycles. The predicted octanol–water partition coefficient (Wildman–Crippen LogP) is 5.46. The van der Waals surface area contributed by atoms with Crippen molar-refractivity contribution in [2.24, 2.45) is 0 Å². The molecule has 0 aromatic rings. The molecule has 0 saturated carbocycles. The monoisotopic (exact) mass is 560 g/mol. The van der Waals surface area contributed by atoms with E-state index in [9.17, 15) is 24.6 Å². The normalized spacial score (nSPS) is 11.5. The number of ether oxygens (including phenoxy) is 2. The lowest BCUT2D eigenvalue weighted by Crippen LogP contribution is -2.43. The third kappa shape index (κ3) is 23.9. The van der Waals surface area contributed by atoms with Crippen LogP contribution in [0.4, 0.5) is 0 Å². The molecule has 0 fully saturated rings. The third-order valence-corrected chi connectivity index (χ3v) is 6.90.